The molecule has 0 unspecified atom stereocenters. The third-order valence-electron chi connectivity index (χ3n) is 2.10. The molecule has 148 valence electrons. The van der Waals surface area contributed by atoms with Gasteiger partial charge in [0, 0.05) is 19.4 Å². The summed E-state index contributed by atoms with van der Waals surface area (Å²) in [5.41, 5.74) is -12.3. The molecule has 0 atom stereocenters. The van der Waals surface area contributed by atoms with Crippen LogP contribution in [-0.2, 0) is 24.8 Å². The van der Waals surface area contributed by atoms with Gasteiger partial charge in [-0.1, -0.05) is 4.13 Å². The maximum atomic E-state index is 11.5. The highest BCUT2D eigenvalue weighted by atomic mass is 32.3. The Kier molecular flexibility index (Phi) is 7.11. The molecule has 1 heterocycles. The average Bonchev–Trinajstić information content (AvgIpc) is 2.70. The van der Waals surface area contributed by atoms with Crippen molar-refractivity contribution >= 4 is 26.0 Å². The van der Waals surface area contributed by atoms with Crippen LogP contribution in [-0.4, -0.2) is 69.0 Å². The SMILES string of the molecule is CN1C=CN(CC(=O)O)C1.O=S(=O)(NS(=O)(=O)C(F)(F)F)C(F)(F)F. The van der Waals surface area contributed by atoms with E-state index >= 15 is 0 Å². The molecule has 0 radical (unpaired) electrons. The number of aliphatic carboxylic acids is 1. The summed E-state index contributed by atoms with van der Waals surface area (Å²) in [6.45, 7) is 0.757. The molecule has 0 aromatic rings. The second kappa shape index (κ2) is 7.65. The number of halogens is 6. The summed E-state index contributed by atoms with van der Waals surface area (Å²) >= 11 is 0. The first-order chi connectivity index (χ1) is 10.9. The van der Waals surface area contributed by atoms with Crippen molar-refractivity contribution in [2.24, 2.45) is 0 Å². The van der Waals surface area contributed by atoms with Gasteiger partial charge in [-0.05, 0) is 0 Å². The predicted octanol–water partition coefficient (Wildman–Crippen LogP) is 0.0223. The van der Waals surface area contributed by atoms with Gasteiger partial charge in [-0.25, -0.2) is 16.8 Å². The Morgan fingerprint density at radius 2 is 1.44 bits per heavy atom. The molecule has 0 aromatic heterocycles. The topological polar surface area (TPSA) is 124 Å². The third-order valence-corrected chi connectivity index (χ3v) is 5.08. The fourth-order valence-electron chi connectivity index (χ4n) is 1.10. The van der Waals surface area contributed by atoms with E-state index in [1.807, 2.05) is 18.1 Å². The molecule has 0 saturated heterocycles. The summed E-state index contributed by atoms with van der Waals surface area (Å²) in [5.74, 6) is -0.792. The van der Waals surface area contributed by atoms with E-state index in [1.165, 1.54) is 0 Å². The molecule has 0 amide bonds. The lowest BCUT2D eigenvalue weighted by atomic mass is 10.6. The van der Waals surface area contributed by atoms with Gasteiger partial charge in [0.25, 0.3) is 0 Å². The molecule has 0 bridgehead atoms. The summed E-state index contributed by atoms with van der Waals surface area (Å²) in [5, 5.41) is 8.37. The molecule has 2 N–H and O–H groups in total. The number of nitrogens with one attached hydrogen (secondary N) is 1. The first-order valence-corrected chi connectivity index (χ1v) is 8.61. The molecule has 0 aromatic carbocycles. The number of alkyl halides is 6. The molecule has 1 rings (SSSR count). The minimum Gasteiger partial charge on any atom is -0.480 e. The molecular weight excluding hydrogens is 412 g/mol. The van der Waals surface area contributed by atoms with Crippen molar-refractivity contribution in [1.29, 1.82) is 0 Å². The van der Waals surface area contributed by atoms with Gasteiger partial charge in [0.15, 0.2) is 0 Å². The zero-order valence-electron chi connectivity index (χ0n) is 12.0. The first-order valence-electron chi connectivity index (χ1n) is 5.64. The Hall–Kier alpha value is -1.75. The molecule has 0 saturated carbocycles. The summed E-state index contributed by atoms with van der Waals surface area (Å²) in [6, 6.07) is 0. The largest absolute Gasteiger partial charge is 0.512 e. The molecule has 9 nitrogen and oxygen atoms in total. The number of rotatable bonds is 4. The molecule has 1 aliphatic heterocycles. The molecule has 17 heteroatoms. The Balaban J connectivity index is 0.000000496. The Morgan fingerprint density at radius 3 is 1.68 bits per heavy atom. The summed E-state index contributed by atoms with van der Waals surface area (Å²) in [4.78, 5) is 13.8. The van der Waals surface area contributed by atoms with Crippen LogP contribution in [0.2, 0.25) is 0 Å². The molecule has 0 aliphatic carbocycles. The molecule has 0 spiro atoms. The number of carbonyl (C=O) groups is 1. The maximum absolute atomic E-state index is 11.5. The van der Waals surface area contributed by atoms with E-state index in [1.54, 1.807) is 11.1 Å². The lowest BCUT2D eigenvalue weighted by molar-refractivity contribution is -0.137. The van der Waals surface area contributed by atoms with Gasteiger partial charge >= 0.3 is 37.0 Å². The van der Waals surface area contributed by atoms with Crippen molar-refractivity contribution in [3.8, 4) is 0 Å². The van der Waals surface area contributed by atoms with Crippen molar-refractivity contribution in [1.82, 2.24) is 13.9 Å². The van der Waals surface area contributed by atoms with Crippen LogP contribution < -0.4 is 4.13 Å². The number of hydrogen-bond donors (Lipinski definition) is 2. The van der Waals surface area contributed by atoms with Gasteiger partial charge in [-0.3, -0.25) is 4.79 Å². The number of carboxylic acid groups (broad SMARTS) is 1. The molecule has 25 heavy (non-hydrogen) atoms. The summed E-state index contributed by atoms with van der Waals surface area (Å²) < 4.78 is 108. The van der Waals surface area contributed by atoms with E-state index in [4.69, 9.17) is 5.11 Å². The van der Waals surface area contributed by atoms with Crippen LogP contribution in [0.5, 0.6) is 0 Å². The van der Waals surface area contributed by atoms with Crippen LogP contribution in [0.25, 0.3) is 0 Å². The quantitative estimate of drug-likeness (QED) is 0.607. The lowest BCUT2D eigenvalue weighted by Crippen LogP contribution is -2.45. The fourth-order valence-corrected chi connectivity index (χ4v) is 3.02. The minimum atomic E-state index is -6.60. The predicted molar refractivity (Wildman–Crippen MR) is 69.2 cm³/mol. The average molecular weight is 423 g/mol. The van der Waals surface area contributed by atoms with E-state index in [2.05, 4.69) is 0 Å². The van der Waals surface area contributed by atoms with E-state index in [0.29, 0.717) is 6.67 Å². The van der Waals surface area contributed by atoms with E-state index < -0.39 is 41.2 Å². The van der Waals surface area contributed by atoms with Crippen LogP contribution in [0.1, 0.15) is 0 Å². The summed E-state index contributed by atoms with van der Waals surface area (Å²) in [6.07, 6.45) is 3.62. The highest BCUT2D eigenvalue weighted by Crippen LogP contribution is 2.27. The standard InChI is InChI=1S/C6H10N2O2.C2HF6NO4S2/c1-7-2-3-8(5-7)4-6(9)10;3-1(4,5)14(10,11)9-15(12,13)2(6,7)8/h2-3H,4-5H2,1H3,(H,9,10);9H. The third kappa shape index (κ3) is 7.34. The maximum Gasteiger partial charge on any atom is 0.512 e. The minimum absolute atomic E-state index is 0.0842. The van der Waals surface area contributed by atoms with E-state index in [0.717, 1.165) is 0 Å². The van der Waals surface area contributed by atoms with Gasteiger partial charge in [-0.15, -0.1) is 0 Å². The zero-order chi connectivity index (χ0) is 20.3. The van der Waals surface area contributed by atoms with Crippen molar-refractivity contribution in [2.75, 3.05) is 20.3 Å². The highest BCUT2D eigenvalue weighted by molar-refractivity contribution is 8.05. The Morgan fingerprint density at radius 1 is 1.04 bits per heavy atom. The first kappa shape index (κ1) is 23.2. The molecule has 1 aliphatic rings. The number of nitrogens with zero attached hydrogens (tertiary/aromatic N) is 2. The number of sulfonamides is 2. The van der Waals surface area contributed by atoms with Crippen molar-refractivity contribution in [3.05, 3.63) is 12.4 Å². The monoisotopic (exact) mass is 423 g/mol. The van der Waals surface area contributed by atoms with Gasteiger partial charge in [0.05, 0.1) is 6.67 Å². The van der Waals surface area contributed by atoms with Crippen LogP contribution in [0, 0.1) is 0 Å². The summed E-state index contributed by atoms with van der Waals surface area (Å²) in [7, 11) is -11.3. The Bertz CT molecular complexity index is 672. The van der Waals surface area contributed by atoms with Gasteiger partial charge < -0.3 is 14.9 Å². The molecule has 0 fully saturated rings. The van der Waals surface area contributed by atoms with Crippen molar-refractivity contribution < 1.29 is 53.1 Å². The second-order valence-electron chi connectivity index (χ2n) is 4.32. The van der Waals surface area contributed by atoms with Crippen LogP contribution >= 0.6 is 0 Å². The highest BCUT2D eigenvalue weighted by Gasteiger charge is 2.55. The van der Waals surface area contributed by atoms with Crippen LogP contribution in [0.4, 0.5) is 26.3 Å². The van der Waals surface area contributed by atoms with E-state index in [-0.39, 0.29) is 6.54 Å². The number of hydrogen-bond acceptors (Lipinski definition) is 7. The smallest absolute Gasteiger partial charge is 0.480 e. The van der Waals surface area contributed by atoms with Crippen LogP contribution in [0.3, 0.4) is 0 Å². The second-order valence-corrected chi connectivity index (χ2v) is 7.93. The van der Waals surface area contributed by atoms with Crippen molar-refractivity contribution in [3.63, 3.8) is 0 Å². The van der Waals surface area contributed by atoms with Crippen molar-refractivity contribution in [2.45, 2.75) is 11.0 Å². The van der Waals surface area contributed by atoms with E-state index in [9.17, 15) is 48.0 Å². The van der Waals surface area contributed by atoms with Gasteiger partial charge in [-0.2, -0.15) is 26.3 Å². The van der Waals surface area contributed by atoms with Gasteiger partial charge in [0.2, 0.25) is 0 Å². The number of carboxylic acids is 1. The fraction of sp³-hybridized carbons (Fsp3) is 0.625. The molecular formula is C8H11F6N3O6S2. The lowest BCUT2D eigenvalue weighted by Gasteiger charge is -2.14. The van der Waals surface area contributed by atoms with Gasteiger partial charge in [0.1, 0.15) is 6.54 Å². The Labute approximate surface area is 137 Å². The zero-order valence-corrected chi connectivity index (χ0v) is 13.7. The normalized spacial score (nSPS) is 15.8. The van der Waals surface area contributed by atoms with Crippen LogP contribution in [0.15, 0.2) is 12.4 Å².